The minimum atomic E-state index is -2.41. The first-order valence-electron chi connectivity index (χ1n) is 6.92. The minimum absolute atomic E-state index is 0.114. The van der Waals surface area contributed by atoms with E-state index in [0.29, 0.717) is 17.7 Å². The molecular weight excluding hydrogens is 306 g/mol. The van der Waals surface area contributed by atoms with E-state index in [9.17, 15) is 18.4 Å². The van der Waals surface area contributed by atoms with Crippen LogP contribution in [0.25, 0.3) is 11.3 Å². The van der Waals surface area contributed by atoms with Crippen molar-refractivity contribution >= 4 is 0 Å². The lowest BCUT2D eigenvalue weighted by Gasteiger charge is -2.06. The number of alkyl halides is 2. The van der Waals surface area contributed by atoms with Crippen LogP contribution >= 0.6 is 0 Å². The molecule has 0 radical (unpaired) electrons. The van der Waals surface area contributed by atoms with Crippen molar-refractivity contribution in [2.45, 2.75) is 25.7 Å². The van der Waals surface area contributed by atoms with Crippen molar-refractivity contribution in [3.63, 3.8) is 0 Å². The molecule has 0 unspecified atom stereocenters. The maximum atomic E-state index is 12.8. The monoisotopic (exact) mass is 318 g/mol. The molecule has 3 rings (SSSR count). The van der Waals surface area contributed by atoms with Gasteiger partial charge in [-0.3, -0.25) is 9.78 Å². The van der Waals surface area contributed by atoms with E-state index in [4.69, 9.17) is 0 Å². The molecule has 1 fully saturated rings. The van der Waals surface area contributed by atoms with Gasteiger partial charge in [0.1, 0.15) is 11.4 Å². The summed E-state index contributed by atoms with van der Waals surface area (Å²) in [6, 6.07) is 1.54. The first-order chi connectivity index (χ1) is 11.0. The van der Waals surface area contributed by atoms with Gasteiger partial charge in [0.2, 0.25) is 6.43 Å². The molecule has 1 aliphatic rings. The Bertz CT molecular complexity index is 923. The molecule has 8 heteroatoms. The number of hydrogen-bond acceptors (Lipinski definition) is 4. The molecule has 6 nitrogen and oxygen atoms in total. The standard InChI is InChI=1S/C15H12F2N4O2/c1-2-3-11-8(7-4-9(7)13(16)17)5-12(21-20-11)10-6-18-15(23)19-14(10)22/h5-7,9,13H,4H2,1H3,(H2,18,19,22,23)/t7-,9+/m1/s1. The largest absolute Gasteiger partial charge is 0.325 e. The molecule has 0 aliphatic heterocycles. The molecule has 2 aromatic heterocycles. The highest BCUT2D eigenvalue weighted by Crippen LogP contribution is 2.51. The van der Waals surface area contributed by atoms with Crippen molar-refractivity contribution in [1.82, 2.24) is 20.2 Å². The van der Waals surface area contributed by atoms with E-state index in [2.05, 4.69) is 32.0 Å². The van der Waals surface area contributed by atoms with Gasteiger partial charge in [0.25, 0.3) is 5.56 Å². The van der Waals surface area contributed by atoms with Gasteiger partial charge in [-0.15, -0.1) is 10.2 Å². The van der Waals surface area contributed by atoms with Crippen LogP contribution in [0.15, 0.2) is 21.9 Å². The number of aromatic nitrogens is 4. The van der Waals surface area contributed by atoms with Crippen molar-refractivity contribution in [2.24, 2.45) is 5.92 Å². The Morgan fingerprint density at radius 3 is 2.74 bits per heavy atom. The van der Waals surface area contributed by atoms with Gasteiger partial charge >= 0.3 is 5.69 Å². The topological polar surface area (TPSA) is 91.5 Å². The number of aromatic amines is 2. The molecule has 0 saturated heterocycles. The Hall–Kier alpha value is -2.82. The van der Waals surface area contributed by atoms with E-state index in [0.717, 1.165) is 0 Å². The molecule has 0 aromatic carbocycles. The smallest absolute Gasteiger partial charge is 0.313 e. The molecule has 0 spiro atoms. The number of halogens is 2. The lowest BCUT2D eigenvalue weighted by atomic mass is 10.1. The summed E-state index contributed by atoms with van der Waals surface area (Å²) in [6.07, 6.45) is -0.837. The van der Waals surface area contributed by atoms with Gasteiger partial charge in [-0.2, -0.15) is 0 Å². The second-order valence-electron chi connectivity index (χ2n) is 5.23. The van der Waals surface area contributed by atoms with Gasteiger partial charge < -0.3 is 4.98 Å². The lowest BCUT2D eigenvalue weighted by Crippen LogP contribution is -2.23. The van der Waals surface area contributed by atoms with Crippen LogP contribution in [-0.2, 0) is 0 Å². The Labute approximate surface area is 129 Å². The van der Waals surface area contributed by atoms with Gasteiger partial charge in [0, 0.05) is 12.1 Å². The Morgan fingerprint density at radius 2 is 2.13 bits per heavy atom. The summed E-state index contributed by atoms with van der Waals surface area (Å²) in [5.41, 5.74) is -0.0435. The van der Waals surface area contributed by atoms with Crippen LogP contribution in [0.5, 0.6) is 0 Å². The molecule has 2 atom stereocenters. The molecule has 1 aliphatic carbocycles. The van der Waals surface area contributed by atoms with Crippen LogP contribution in [0, 0.1) is 17.8 Å². The third-order valence-corrected chi connectivity index (χ3v) is 3.72. The van der Waals surface area contributed by atoms with Crippen LogP contribution in [-0.4, -0.2) is 26.6 Å². The summed E-state index contributed by atoms with van der Waals surface area (Å²) in [4.78, 5) is 27.3. The maximum absolute atomic E-state index is 12.8. The fourth-order valence-electron chi connectivity index (χ4n) is 2.49. The molecule has 2 heterocycles. The first kappa shape index (κ1) is 15.1. The molecule has 1 saturated carbocycles. The normalized spacial score (nSPS) is 19.3. The molecule has 0 amide bonds. The molecule has 2 N–H and O–H groups in total. The van der Waals surface area contributed by atoms with Crippen molar-refractivity contribution < 1.29 is 8.78 Å². The molecule has 23 heavy (non-hydrogen) atoms. The number of hydrogen-bond donors (Lipinski definition) is 2. The molecular formula is C15H12F2N4O2. The zero-order valence-corrected chi connectivity index (χ0v) is 12.1. The highest BCUT2D eigenvalue weighted by Gasteiger charge is 2.46. The number of rotatable bonds is 3. The summed E-state index contributed by atoms with van der Waals surface area (Å²) in [6.45, 7) is 1.61. The fraction of sp³-hybridized carbons (Fsp3) is 0.333. The van der Waals surface area contributed by atoms with Crippen molar-refractivity contribution in [3.05, 3.63) is 44.4 Å². The summed E-state index contributed by atoms with van der Waals surface area (Å²) >= 11 is 0. The summed E-state index contributed by atoms with van der Waals surface area (Å²) in [5, 5.41) is 7.87. The Kier molecular flexibility index (Phi) is 3.78. The number of nitrogens with zero attached hydrogens (tertiary/aromatic N) is 2. The second kappa shape index (κ2) is 5.76. The van der Waals surface area contributed by atoms with Gasteiger partial charge in [-0.25, -0.2) is 13.6 Å². The van der Waals surface area contributed by atoms with Crippen molar-refractivity contribution in [3.8, 4) is 23.1 Å². The van der Waals surface area contributed by atoms with Gasteiger partial charge in [0.05, 0.1) is 5.56 Å². The van der Waals surface area contributed by atoms with Crippen molar-refractivity contribution in [2.75, 3.05) is 0 Å². The van der Waals surface area contributed by atoms with Crippen LogP contribution < -0.4 is 11.2 Å². The van der Waals surface area contributed by atoms with E-state index in [-0.39, 0.29) is 17.2 Å². The van der Waals surface area contributed by atoms with Crippen LogP contribution in [0.4, 0.5) is 8.78 Å². The number of nitrogens with one attached hydrogen (secondary N) is 2. The Morgan fingerprint density at radius 1 is 1.35 bits per heavy atom. The average molecular weight is 318 g/mol. The zero-order chi connectivity index (χ0) is 16.6. The highest BCUT2D eigenvalue weighted by atomic mass is 19.3. The van der Waals surface area contributed by atoms with E-state index in [1.54, 1.807) is 13.0 Å². The highest BCUT2D eigenvalue weighted by molar-refractivity contribution is 5.59. The van der Waals surface area contributed by atoms with E-state index in [1.165, 1.54) is 6.20 Å². The second-order valence-corrected chi connectivity index (χ2v) is 5.23. The van der Waals surface area contributed by atoms with Gasteiger partial charge in [-0.1, -0.05) is 5.92 Å². The third-order valence-electron chi connectivity index (χ3n) is 3.72. The quantitative estimate of drug-likeness (QED) is 0.834. The third kappa shape index (κ3) is 2.90. The average Bonchev–Trinajstić information content (AvgIpc) is 3.29. The van der Waals surface area contributed by atoms with E-state index < -0.39 is 23.6 Å². The van der Waals surface area contributed by atoms with Crippen LogP contribution in [0.1, 0.15) is 30.5 Å². The minimum Gasteiger partial charge on any atom is -0.313 e. The van der Waals surface area contributed by atoms with Gasteiger partial charge in [0.15, 0.2) is 0 Å². The molecule has 118 valence electrons. The molecule has 2 aromatic rings. The van der Waals surface area contributed by atoms with Crippen LogP contribution in [0.2, 0.25) is 0 Å². The Balaban J connectivity index is 2.08. The first-order valence-corrected chi connectivity index (χ1v) is 6.92. The summed E-state index contributed by atoms with van der Waals surface area (Å²) in [7, 11) is 0. The summed E-state index contributed by atoms with van der Waals surface area (Å²) in [5.74, 6) is 4.35. The number of H-pyrrole nitrogens is 2. The lowest BCUT2D eigenvalue weighted by molar-refractivity contribution is 0.120. The predicted molar refractivity (Wildman–Crippen MR) is 78.1 cm³/mol. The zero-order valence-electron chi connectivity index (χ0n) is 12.1. The SMILES string of the molecule is CC#Cc1nnc(-c2c[nH]c(=O)[nH]c2=O)cc1[C@H]1C[C@@H]1C(F)F. The molecule has 0 bridgehead atoms. The maximum Gasteiger partial charge on any atom is 0.325 e. The van der Waals surface area contributed by atoms with Gasteiger partial charge in [-0.05, 0) is 36.8 Å². The predicted octanol–water partition coefficient (Wildman–Crippen LogP) is 1.26. The van der Waals surface area contributed by atoms with Crippen LogP contribution in [0.3, 0.4) is 0 Å². The van der Waals surface area contributed by atoms with Crippen molar-refractivity contribution in [1.29, 1.82) is 0 Å². The fourth-order valence-corrected chi connectivity index (χ4v) is 2.49. The van der Waals surface area contributed by atoms with E-state index in [1.807, 2.05) is 0 Å². The van der Waals surface area contributed by atoms with E-state index >= 15 is 0 Å². The summed E-state index contributed by atoms with van der Waals surface area (Å²) < 4.78 is 25.7.